The van der Waals surface area contributed by atoms with Crippen molar-refractivity contribution in [1.29, 1.82) is 0 Å². The van der Waals surface area contributed by atoms with Crippen molar-refractivity contribution in [2.24, 2.45) is 0 Å². The van der Waals surface area contributed by atoms with E-state index in [0.29, 0.717) is 12.4 Å². The van der Waals surface area contributed by atoms with Gasteiger partial charge in [0.15, 0.2) is 0 Å². The Morgan fingerprint density at radius 3 is 1.58 bits per heavy atom. The smallest absolute Gasteiger partial charge is 0.137 e. The monoisotopic (exact) mass is 724 g/mol. The number of nitrogens with zero attached hydrogens (tertiary/aromatic N) is 4. The fourth-order valence-corrected chi connectivity index (χ4v) is 6.12. The van der Waals surface area contributed by atoms with Crippen molar-refractivity contribution in [1.82, 2.24) is 19.9 Å². The number of rotatable bonds is 6. The number of ether oxygens (including phenoxy) is 1. The first-order chi connectivity index (χ1) is 27.1. The van der Waals surface area contributed by atoms with E-state index in [-0.39, 0.29) is 12.4 Å². The Morgan fingerprint density at radius 2 is 1.04 bits per heavy atom. The molecule has 0 unspecified atom stereocenters. The largest absolute Gasteiger partial charge is 0.489 e. The van der Waals surface area contributed by atoms with Gasteiger partial charge in [0.2, 0.25) is 0 Å². The van der Waals surface area contributed by atoms with E-state index in [1.807, 2.05) is 97.3 Å². The van der Waals surface area contributed by atoms with E-state index >= 15 is 0 Å². The summed E-state index contributed by atoms with van der Waals surface area (Å²) in [5, 5.41) is 14.4. The highest BCUT2D eigenvalue weighted by Crippen LogP contribution is 2.35. The zero-order valence-corrected chi connectivity index (χ0v) is 29.4. The van der Waals surface area contributed by atoms with Crippen LogP contribution in [0.3, 0.4) is 0 Å². The van der Waals surface area contributed by atoms with E-state index in [4.69, 9.17) is 18.7 Å². The van der Waals surface area contributed by atoms with E-state index in [1.165, 1.54) is 12.1 Å². The summed E-state index contributed by atoms with van der Waals surface area (Å²) in [6.07, 6.45) is 14.0. The number of aromatic nitrogens is 4. The minimum absolute atomic E-state index is 0.0997. The van der Waals surface area contributed by atoms with Crippen LogP contribution < -0.4 is 4.74 Å². The molecule has 1 N–H and O–H groups in total. The van der Waals surface area contributed by atoms with Crippen molar-refractivity contribution in [3.63, 3.8) is 0 Å². The number of fused-ring (bicyclic) bond motifs is 4. The van der Waals surface area contributed by atoms with Crippen LogP contribution in [0, 0.1) is 5.82 Å². The molecule has 6 heterocycles. The van der Waals surface area contributed by atoms with Gasteiger partial charge in [-0.05, 0) is 107 Å². The predicted octanol–water partition coefficient (Wildman–Crippen LogP) is 11.0. The minimum Gasteiger partial charge on any atom is -0.489 e. The normalized spacial score (nSPS) is 10.9. The number of halogens is 1. The molecule has 55 heavy (non-hydrogen) atoms. The van der Waals surface area contributed by atoms with Crippen molar-refractivity contribution >= 4 is 43.5 Å². The first kappa shape index (κ1) is 34.8. The van der Waals surface area contributed by atoms with Gasteiger partial charge in [-0.2, -0.15) is 0 Å². The summed E-state index contributed by atoms with van der Waals surface area (Å²) < 4.78 is 31.3. The first-order valence-electron chi connectivity index (χ1n) is 17.5. The van der Waals surface area contributed by atoms with Gasteiger partial charge < -0.3 is 18.7 Å². The molecule has 10 aromatic rings. The number of aliphatic hydroxyl groups excluding tert-OH is 1. The molecular weight excluding hydrogens is 692 g/mol. The molecule has 268 valence electrons. The maximum atomic E-state index is 13.5. The van der Waals surface area contributed by atoms with Crippen LogP contribution in [0.2, 0.25) is 0 Å². The number of para-hydroxylation sites is 2. The third kappa shape index (κ3) is 8.07. The number of pyridine rings is 4. The van der Waals surface area contributed by atoms with Crippen LogP contribution in [0.4, 0.5) is 4.39 Å². The van der Waals surface area contributed by atoms with Crippen molar-refractivity contribution < 1.29 is 23.1 Å². The molecule has 0 fully saturated rings. The minimum atomic E-state index is -0.263. The number of hydrogen-bond donors (Lipinski definition) is 1. The first-order valence-corrected chi connectivity index (χ1v) is 17.5. The number of hydrogen-bond acceptors (Lipinski definition) is 8. The predicted molar refractivity (Wildman–Crippen MR) is 213 cm³/mol. The lowest BCUT2D eigenvalue weighted by atomic mass is 10.1. The van der Waals surface area contributed by atoms with Gasteiger partial charge in [-0.25, -0.2) is 4.39 Å². The molecule has 0 bridgehead atoms. The van der Waals surface area contributed by atoms with Crippen LogP contribution in [-0.2, 0) is 13.2 Å². The van der Waals surface area contributed by atoms with E-state index in [0.717, 1.165) is 77.2 Å². The van der Waals surface area contributed by atoms with Gasteiger partial charge >= 0.3 is 0 Å². The molecule has 0 radical (unpaired) electrons. The maximum Gasteiger partial charge on any atom is 0.137 e. The molecule has 10 rings (SSSR count). The van der Waals surface area contributed by atoms with Crippen LogP contribution in [0.5, 0.6) is 5.75 Å². The van der Waals surface area contributed by atoms with Gasteiger partial charge in [0.05, 0.1) is 6.61 Å². The lowest BCUT2D eigenvalue weighted by Crippen LogP contribution is -1.95. The molecule has 8 nitrogen and oxygen atoms in total. The summed E-state index contributed by atoms with van der Waals surface area (Å²) in [4.78, 5) is 16.4. The quantitative estimate of drug-likeness (QED) is 0.181. The second-order valence-corrected chi connectivity index (χ2v) is 12.6. The Hall–Kier alpha value is -7.23. The maximum absolute atomic E-state index is 13.5. The average Bonchev–Trinajstić information content (AvgIpc) is 3.89. The van der Waals surface area contributed by atoms with Crippen molar-refractivity contribution in [2.75, 3.05) is 0 Å². The van der Waals surface area contributed by atoms with Crippen molar-refractivity contribution in [3.8, 4) is 28.4 Å². The molecule has 0 aliphatic heterocycles. The molecule has 0 aliphatic rings. The number of benzene rings is 4. The second-order valence-electron chi connectivity index (χ2n) is 12.6. The molecule has 6 aromatic heterocycles. The van der Waals surface area contributed by atoms with Crippen molar-refractivity contribution in [2.45, 2.75) is 13.2 Å². The highest BCUT2D eigenvalue weighted by Gasteiger charge is 2.12. The average molecular weight is 725 g/mol. The zero-order chi connectivity index (χ0) is 37.4. The van der Waals surface area contributed by atoms with Gasteiger partial charge in [-0.15, -0.1) is 0 Å². The highest BCUT2D eigenvalue weighted by molar-refractivity contribution is 5.98. The molecule has 0 atom stereocenters. The highest BCUT2D eigenvalue weighted by atomic mass is 19.1. The number of aliphatic hydroxyl groups is 1. The van der Waals surface area contributed by atoms with Gasteiger partial charge in [-0.1, -0.05) is 36.4 Å². The molecule has 0 saturated carbocycles. The SMILES string of the molecule is Fc1ccc2cncc(-c3cc4ccccc4o3)c2c1.OCc1ccncc1.c1ccc2oc(-c3cncc4ccc(OCc5ccncc5)cc34)cc2c1. The Balaban J connectivity index is 0.000000133. The Labute approximate surface area is 315 Å². The standard InChI is InChI=1S/C23H16N2O2.C17H10FNO.C6H7NO/c1-2-4-22-17(3-1)11-23(27-22)21-14-25-13-18-5-6-19(12-20(18)21)26-15-16-7-9-24-10-8-16;18-13-6-5-12-9-19-10-15(14(12)8-13)17-7-11-3-1-2-4-16(11)20-17;8-5-6-1-3-7-4-2-6/h1-14H,15H2;1-10H;1-4,8H,5H2. The number of furan rings is 2. The van der Waals surface area contributed by atoms with Crippen LogP contribution in [0.1, 0.15) is 11.1 Å². The fraction of sp³-hybridized carbons (Fsp3) is 0.0435. The van der Waals surface area contributed by atoms with E-state index in [1.54, 1.807) is 55.4 Å². The molecule has 4 aromatic carbocycles. The van der Waals surface area contributed by atoms with E-state index < -0.39 is 0 Å². The third-order valence-corrected chi connectivity index (χ3v) is 8.92. The molecule has 0 spiro atoms. The Bertz CT molecular complexity index is 2770. The Morgan fingerprint density at radius 1 is 0.509 bits per heavy atom. The summed E-state index contributed by atoms with van der Waals surface area (Å²) in [7, 11) is 0. The van der Waals surface area contributed by atoms with Crippen LogP contribution in [-0.4, -0.2) is 25.0 Å². The Kier molecular flexibility index (Phi) is 10.3. The second kappa shape index (κ2) is 16.2. The fourth-order valence-electron chi connectivity index (χ4n) is 6.12. The summed E-state index contributed by atoms with van der Waals surface area (Å²) >= 11 is 0. The molecular formula is C46H33FN4O4. The molecule has 0 amide bonds. The lowest BCUT2D eigenvalue weighted by Gasteiger charge is -2.09. The zero-order valence-electron chi connectivity index (χ0n) is 29.4. The third-order valence-electron chi connectivity index (χ3n) is 8.92. The van der Waals surface area contributed by atoms with Crippen LogP contribution in [0.15, 0.2) is 180 Å². The topological polar surface area (TPSA) is 107 Å². The van der Waals surface area contributed by atoms with Gasteiger partial charge in [0.25, 0.3) is 0 Å². The van der Waals surface area contributed by atoms with E-state index in [9.17, 15) is 4.39 Å². The van der Waals surface area contributed by atoms with Crippen molar-refractivity contribution in [3.05, 3.63) is 188 Å². The molecule has 0 saturated heterocycles. The summed E-state index contributed by atoms with van der Waals surface area (Å²) in [5.41, 5.74) is 5.43. The summed E-state index contributed by atoms with van der Waals surface area (Å²) in [6.45, 7) is 0.599. The summed E-state index contributed by atoms with van der Waals surface area (Å²) in [5.74, 6) is 2.06. The molecule has 9 heteroatoms. The van der Waals surface area contributed by atoms with E-state index in [2.05, 4.69) is 26.0 Å². The van der Waals surface area contributed by atoms with Gasteiger partial charge in [0.1, 0.15) is 40.9 Å². The summed E-state index contributed by atoms with van der Waals surface area (Å²) in [6, 6.07) is 38.0. The lowest BCUT2D eigenvalue weighted by molar-refractivity contribution is 0.281. The van der Waals surface area contributed by atoms with Gasteiger partial charge in [0, 0.05) is 82.2 Å². The van der Waals surface area contributed by atoms with Gasteiger partial charge in [-0.3, -0.25) is 19.9 Å². The molecule has 0 aliphatic carbocycles. The van der Waals surface area contributed by atoms with Crippen LogP contribution in [0.25, 0.3) is 66.1 Å². The van der Waals surface area contributed by atoms with Crippen LogP contribution >= 0.6 is 0 Å².